The van der Waals surface area contributed by atoms with Crippen LogP contribution in [0.2, 0.25) is 0 Å². The van der Waals surface area contributed by atoms with E-state index >= 15 is 0 Å². The number of halogens is 8. The van der Waals surface area contributed by atoms with E-state index in [-0.39, 0.29) is 11.4 Å². The molecule has 19 heavy (non-hydrogen) atoms. The second-order valence-corrected chi connectivity index (χ2v) is 9.47. The summed E-state index contributed by atoms with van der Waals surface area (Å²) in [6, 6.07) is 0. The molecule has 0 aliphatic heterocycles. The van der Waals surface area contributed by atoms with E-state index in [0.29, 0.717) is 6.54 Å². The largest absolute Gasteiger partial charge is 0.245 e. The molecule has 3 nitrogen and oxygen atoms in total. The van der Waals surface area contributed by atoms with E-state index in [1.165, 1.54) is 4.68 Å². The molecule has 1 aromatic heterocycles. The Labute approximate surface area is 150 Å². The van der Waals surface area contributed by atoms with Gasteiger partial charge in [-0.3, -0.25) is 0 Å². The van der Waals surface area contributed by atoms with Crippen LogP contribution < -0.4 is 0 Å². The number of rotatable bonds is 3. The first-order valence-corrected chi connectivity index (χ1v) is 7.91. The second-order valence-electron chi connectivity index (χ2n) is 3.58. The van der Waals surface area contributed by atoms with Crippen LogP contribution in [0.25, 0.3) is 0 Å². The van der Waals surface area contributed by atoms with Crippen LogP contribution in [-0.2, 0) is 14.7 Å². The highest BCUT2D eigenvalue weighted by Gasteiger charge is 2.53. The Hall–Kier alpha value is 1.46. The number of nitrogens with zero attached hydrogens (tertiary/aromatic N) is 3. The van der Waals surface area contributed by atoms with Gasteiger partial charge < -0.3 is 0 Å². The van der Waals surface area contributed by atoms with Crippen LogP contribution in [0.15, 0.2) is 0 Å². The van der Waals surface area contributed by atoms with Crippen molar-refractivity contribution in [3.63, 3.8) is 0 Å². The minimum absolute atomic E-state index is 0.0654. The summed E-state index contributed by atoms with van der Waals surface area (Å²) in [5.74, 6) is 0. The van der Waals surface area contributed by atoms with Gasteiger partial charge in [-0.15, -0.1) is 5.10 Å². The van der Waals surface area contributed by atoms with E-state index in [9.17, 15) is 0 Å². The van der Waals surface area contributed by atoms with Gasteiger partial charge in [0.05, 0.1) is 0 Å². The monoisotopic (exact) mass is 425 g/mol. The molecule has 0 saturated carbocycles. The summed E-state index contributed by atoms with van der Waals surface area (Å²) in [5, 5.41) is 7.60. The number of aromatic nitrogens is 3. The third-order valence-corrected chi connectivity index (χ3v) is 4.99. The summed E-state index contributed by atoms with van der Waals surface area (Å²) in [6.45, 7) is 2.35. The van der Waals surface area contributed by atoms with Crippen molar-refractivity contribution in [2.45, 2.75) is 31.8 Å². The Morgan fingerprint density at radius 2 is 1.53 bits per heavy atom. The summed E-state index contributed by atoms with van der Waals surface area (Å²) >= 11 is 46.9. The van der Waals surface area contributed by atoms with Gasteiger partial charge in [0, 0.05) is 6.54 Å². The van der Waals surface area contributed by atoms with Gasteiger partial charge in [-0.1, -0.05) is 105 Å². The zero-order chi connectivity index (χ0) is 15.1. The van der Waals surface area contributed by atoms with Gasteiger partial charge in [-0.2, -0.15) is 0 Å². The SMILES string of the molecule is CCCn1nnc(C(Cl)(Cl)C(Cl)(Cl)Cl)c1C(Cl)(Cl)Cl. The van der Waals surface area contributed by atoms with E-state index in [2.05, 4.69) is 10.3 Å². The van der Waals surface area contributed by atoms with Crippen molar-refractivity contribution < 1.29 is 0 Å². The van der Waals surface area contributed by atoms with Gasteiger partial charge in [0.1, 0.15) is 11.4 Å². The molecule has 0 amide bonds. The zero-order valence-electron chi connectivity index (χ0n) is 9.28. The molecule has 0 saturated heterocycles. The first-order valence-electron chi connectivity index (χ1n) is 4.88. The molecule has 11 heteroatoms. The van der Waals surface area contributed by atoms with Crippen LogP contribution in [0.4, 0.5) is 0 Å². The predicted octanol–water partition coefficient (Wildman–Crippen LogP) is 5.52. The molecule has 0 fully saturated rings. The molecule has 0 bridgehead atoms. The van der Waals surface area contributed by atoms with E-state index < -0.39 is 11.9 Å². The third-order valence-electron chi connectivity index (χ3n) is 2.09. The molecule has 0 aliphatic carbocycles. The van der Waals surface area contributed by atoms with Crippen LogP contribution in [0.5, 0.6) is 0 Å². The van der Waals surface area contributed by atoms with Crippen molar-refractivity contribution in [1.82, 2.24) is 15.0 Å². The Balaban J connectivity index is 3.46. The van der Waals surface area contributed by atoms with Gasteiger partial charge in [-0.25, -0.2) is 4.68 Å². The first kappa shape index (κ1) is 18.5. The first-order chi connectivity index (χ1) is 8.43. The van der Waals surface area contributed by atoms with Crippen LogP contribution in [0.3, 0.4) is 0 Å². The molecule has 0 unspecified atom stereocenters. The summed E-state index contributed by atoms with van der Waals surface area (Å²) < 4.78 is -4.59. The molecular weight excluding hydrogens is 422 g/mol. The van der Waals surface area contributed by atoms with E-state index in [1.807, 2.05) is 6.92 Å². The Bertz CT molecular complexity index is 444. The van der Waals surface area contributed by atoms with Crippen molar-refractivity contribution >= 4 is 92.8 Å². The lowest BCUT2D eigenvalue weighted by molar-refractivity contribution is 0.558. The second kappa shape index (κ2) is 6.29. The standard InChI is InChI=1S/C8H7Cl8N3/c1-2-3-19-5(7(11,12)13)4(17-18-19)6(9,10)8(14,15)16/h2-3H2,1H3. The van der Waals surface area contributed by atoms with E-state index in [0.717, 1.165) is 6.42 Å². The van der Waals surface area contributed by atoms with Crippen molar-refractivity contribution in [1.29, 1.82) is 0 Å². The quantitative estimate of drug-likeness (QED) is 0.594. The fourth-order valence-electron chi connectivity index (χ4n) is 1.31. The number of alkyl halides is 8. The molecule has 1 heterocycles. The molecule has 1 aromatic rings. The van der Waals surface area contributed by atoms with Crippen LogP contribution in [0.1, 0.15) is 24.7 Å². The molecular formula is C8H7Cl8N3. The lowest BCUT2D eigenvalue weighted by Crippen LogP contribution is -2.31. The van der Waals surface area contributed by atoms with Crippen molar-refractivity contribution in [3.05, 3.63) is 11.4 Å². The van der Waals surface area contributed by atoms with Crippen LogP contribution in [0, 0.1) is 0 Å². The lowest BCUT2D eigenvalue weighted by Gasteiger charge is -2.27. The molecule has 0 aromatic carbocycles. The Morgan fingerprint density at radius 1 is 1.00 bits per heavy atom. The normalized spacial score (nSPS) is 13.9. The van der Waals surface area contributed by atoms with Gasteiger partial charge in [0.15, 0.2) is 0 Å². The summed E-state index contributed by atoms with van der Waals surface area (Å²) in [7, 11) is 0. The Morgan fingerprint density at radius 3 is 1.89 bits per heavy atom. The predicted molar refractivity (Wildman–Crippen MR) is 83.2 cm³/mol. The number of hydrogen-bond donors (Lipinski definition) is 0. The third kappa shape index (κ3) is 4.01. The maximum atomic E-state index is 6.04. The molecule has 1 rings (SSSR count). The van der Waals surface area contributed by atoms with Crippen LogP contribution in [-0.4, -0.2) is 18.8 Å². The molecule has 0 aliphatic rings. The minimum atomic E-state index is -2.08. The highest BCUT2D eigenvalue weighted by Crippen LogP contribution is 2.55. The lowest BCUT2D eigenvalue weighted by atomic mass is 10.2. The minimum Gasteiger partial charge on any atom is -0.245 e. The molecule has 0 spiro atoms. The smallest absolute Gasteiger partial charge is 0.234 e. The van der Waals surface area contributed by atoms with Gasteiger partial charge in [-0.05, 0) is 6.42 Å². The molecule has 110 valence electrons. The maximum absolute atomic E-state index is 6.04. The average molecular weight is 429 g/mol. The summed E-state index contributed by atoms with van der Waals surface area (Å²) in [6.07, 6.45) is 0.724. The van der Waals surface area contributed by atoms with Crippen LogP contribution >= 0.6 is 92.8 Å². The van der Waals surface area contributed by atoms with Gasteiger partial charge in [0.25, 0.3) is 0 Å². The highest BCUT2D eigenvalue weighted by molar-refractivity contribution is 6.75. The maximum Gasteiger partial charge on any atom is 0.234 e. The topological polar surface area (TPSA) is 30.7 Å². The molecule has 0 radical (unpaired) electrons. The zero-order valence-corrected chi connectivity index (χ0v) is 15.3. The van der Waals surface area contributed by atoms with Gasteiger partial charge >= 0.3 is 0 Å². The van der Waals surface area contributed by atoms with E-state index in [1.54, 1.807) is 0 Å². The van der Waals surface area contributed by atoms with Crippen molar-refractivity contribution in [3.8, 4) is 0 Å². The highest BCUT2D eigenvalue weighted by atomic mass is 35.6. The number of aryl methyl sites for hydroxylation is 1. The van der Waals surface area contributed by atoms with E-state index in [4.69, 9.17) is 92.8 Å². The number of hydrogen-bond acceptors (Lipinski definition) is 2. The average Bonchev–Trinajstić information content (AvgIpc) is 2.60. The Kier molecular flexibility index (Phi) is 6.13. The summed E-state index contributed by atoms with van der Waals surface area (Å²) in [5.41, 5.74) is -0.0417. The van der Waals surface area contributed by atoms with Gasteiger partial charge in [0.2, 0.25) is 11.9 Å². The molecule has 0 N–H and O–H groups in total. The van der Waals surface area contributed by atoms with Crippen molar-refractivity contribution in [2.24, 2.45) is 0 Å². The fraction of sp³-hybridized carbons (Fsp3) is 0.750. The fourth-order valence-corrected chi connectivity index (χ4v) is 2.39. The molecule has 0 atom stereocenters. The van der Waals surface area contributed by atoms with Crippen molar-refractivity contribution in [2.75, 3.05) is 0 Å². The summed E-state index contributed by atoms with van der Waals surface area (Å²) in [4.78, 5) is 0.